The van der Waals surface area contributed by atoms with Gasteiger partial charge in [-0.1, -0.05) is 30.3 Å². The molecule has 0 spiro atoms. The number of nitrogens with one attached hydrogen (secondary N) is 1. The zero-order chi connectivity index (χ0) is 9.80. The van der Waals surface area contributed by atoms with Crippen LogP contribution in [-0.2, 0) is 0 Å². The number of hydrogen-bond acceptors (Lipinski definition) is 3. The van der Waals surface area contributed by atoms with Crippen LogP contribution in [0, 0.1) is 0 Å². The van der Waals surface area contributed by atoms with Gasteiger partial charge in [0.1, 0.15) is 0 Å². The van der Waals surface area contributed by atoms with Gasteiger partial charge < -0.3 is 10.4 Å². The Morgan fingerprint density at radius 2 is 2.07 bits per heavy atom. The first-order valence-corrected chi connectivity index (χ1v) is 6.05. The Morgan fingerprint density at radius 3 is 2.79 bits per heavy atom. The van der Waals surface area contributed by atoms with E-state index in [1.165, 1.54) is 5.56 Å². The van der Waals surface area contributed by atoms with E-state index in [-0.39, 0.29) is 12.6 Å². The first-order chi connectivity index (χ1) is 6.90. The van der Waals surface area contributed by atoms with Crippen molar-refractivity contribution < 1.29 is 5.11 Å². The summed E-state index contributed by atoms with van der Waals surface area (Å²) in [5.74, 6) is 2.11. The summed E-state index contributed by atoms with van der Waals surface area (Å²) < 4.78 is 0. The third-order valence-corrected chi connectivity index (χ3v) is 3.67. The number of aliphatic hydroxyl groups excluding tert-OH is 1. The van der Waals surface area contributed by atoms with Crippen molar-refractivity contribution in [3.05, 3.63) is 35.9 Å². The van der Waals surface area contributed by atoms with Crippen molar-refractivity contribution in [2.24, 2.45) is 0 Å². The maximum Gasteiger partial charge on any atom is 0.0592 e. The molecule has 0 aliphatic carbocycles. The van der Waals surface area contributed by atoms with Crippen LogP contribution < -0.4 is 5.32 Å². The second-order valence-corrected chi connectivity index (χ2v) is 4.62. The summed E-state index contributed by atoms with van der Waals surface area (Å²) >= 11 is 1.91. The van der Waals surface area contributed by atoms with Gasteiger partial charge in [0.05, 0.1) is 6.61 Å². The first-order valence-electron chi connectivity index (χ1n) is 4.90. The SMILES string of the molecule is OC[C@H]1CSC[C@H](c2ccccc2)N1. The maximum atomic E-state index is 9.08. The molecule has 1 saturated heterocycles. The van der Waals surface area contributed by atoms with Gasteiger partial charge in [0.15, 0.2) is 0 Å². The Labute approximate surface area is 88.7 Å². The zero-order valence-corrected chi connectivity index (χ0v) is 8.83. The van der Waals surface area contributed by atoms with Crippen LogP contribution in [0.4, 0.5) is 0 Å². The van der Waals surface area contributed by atoms with Crippen LogP contribution in [0.2, 0.25) is 0 Å². The minimum atomic E-state index is 0.232. The molecule has 1 fully saturated rings. The molecule has 2 N–H and O–H groups in total. The molecule has 1 aromatic rings. The van der Waals surface area contributed by atoms with Crippen molar-refractivity contribution in [1.82, 2.24) is 5.32 Å². The van der Waals surface area contributed by atoms with Crippen molar-refractivity contribution in [2.45, 2.75) is 12.1 Å². The summed E-state index contributed by atoms with van der Waals surface area (Å²) in [5, 5.41) is 12.5. The quantitative estimate of drug-likeness (QED) is 0.773. The molecule has 0 unspecified atom stereocenters. The van der Waals surface area contributed by atoms with Crippen molar-refractivity contribution in [3.8, 4) is 0 Å². The summed E-state index contributed by atoms with van der Waals surface area (Å²) in [6.45, 7) is 0.232. The lowest BCUT2D eigenvalue weighted by atomic mass is 10.1. The van der Waals surface area contributed by atoms with Crippen LogP contribution in [-0.4, -0.2) is 29.3 Å². The highest BCUT2D eigenvalue weighted by atomic mass is 32.2. The monoisotopic (exact) mass is 209 g/mol. The topological polar surface area (TPSA) is 32.3 Å². The highest BCUT2D eigenvalue weighted by molar-refractivity contribution is 7.99. The van der Waals surface area contributed by atoms with E-state index in [2.05, 4.69) is 29.6 Å². The van der Waals surface area contributed by atoms with Gasteiger partial charge in [-0.25, -0.2) is 0 Å². The number of aliphatic hydroxyl groups is 1. The third kappa shape index (κ3) is 2.29. The normalized spacial score (nSPS) is 27.5. The van der Waals surface area contributed by atoms with Crippen LogP contribution in [0.15, 0.2) is 30.3 Å². The summed E-state index contributed by atoms with van der Waals surface area (Å²) in [7, 11) is 0. The molecule has 1 aliphatic heterocycles. The number of hydrogen-bond donors (Lipinski definition) is 2. The van der Waals surface area contributed by atoms with E-state index >= 15 is 0 Å². The molecular formula is C11H15NOS. The predicted octanol–water partition coefficient (Wildman–Crippen LogP) is 1.43. The van der Waals surface area contributed by atoms with Crippen LogP contribution in [0.5, 0.6) is 0 Å². The van der Waals surface area contributed by atoms with Crippen molar-refractivity contribution in [2.75, 3.05) is 18.1 Å². The van der Waals surface area contributed by atoms with Crippen molar-refractivity contribution in [1.29, 1.82) is 0 Å². The smallest absolute Gasteiger partial charge is 0.0592 e. The highest BCUT2D eigenvalue weighted by Gasteiger charge is 2.21. The summed E-state index contributed by atoms with van der Waals surface area (Å²) in [4.78, 5) is 0. The molecule has 0 radical (unpaired) electrons. The van der Waals surface area contributed by atoms with E-state index in [1.807, 2.05) is 17.8 Å². The predicted molar refractivity (Wildman–Crippen MR) is 60.5 cm³/mol. The molecule has 2 nitrogen and oxygen atoms in total. The van der Waals surface area contributed by atoms with E-state index in [1.54, 1.807) is 0 Å². The summed E-state index contributed by atoms with van der Waals surface area (Å²) in [5.41, 5.74) is 1.32. The fraction of sp³-hybridized carbons (Fsp3) is 0.455. The van der Waals surface area contributed by atoms with Gasteiger partial charge in [-0.05, 0) is 5.56 Å². The van der Waals surface area contributed by atoms with Gasteiger partial charge in [-0.2, -0.15) is 11.8 Å². The molecule has 0 amide bonds. The van der Waals surface area contributed by atoms with Gasteiger partial charge in [0.25, 0.3) is 0 Å². The molecule has 76 valence electrons. The van der Waals surface area contributed by atoms with E-state index < -0.39 is 0 Å². The molecule has 0 bridgehead atoms. The Hall–Kier alpha value is -0.510. The molecule has 2 atom stereocenters. The lowest BCUT2D eigenvalue weighted by molar-refractivity contribution is 0.243. The number of thioether (sulfide) groups is 1. The molecule has 1 aromatic carbocycles. The standard InChI is InChI=1S/C11H15NOS/c13-6-10-7-14-8-11(12-10)9-4-2-1-3-5-9/h1-5,10-13H,6-8H2/t10-,11+/m0/s1. The van der Waals surface area contributed by atoms with Gasteiger partial charge in [-0.15, -0.1) is 0 Å². The fourth-order valence-electron chi connectivity index (χ4n) is 1.69. The molecule has 14 heavy (non-hydrogen) atoms. The average molecular weight is 209 g/mol. The van der Waals surface area contributed by atoms with Crippen LogP contribution in [0.25, 0.3) is 0 Å². The zero-order valence-electron chi connectivity index (χ0n) is 8.02. The lowest BCUT2D eigenvalue weighted by Gasteiger charge is -2.29. The molecular weight excluding hydrogens is 194 g/mol. The molecule has 1 aliphatic rings. The van der Waals surface area contributed by atoms with Crippen molar-refractivity contribution >= 4 is 11.8 Å². The van der Waals surface area contributed by atoms with Crippen LogP contribution in [0.3, 0.4) is 0 Å². The van der Waals surface area contributed by atoms with Crippen LogP contribution >= 0.6 is 11.8 Å². The molecule has 1 heterocycles. The Morgan fingerprint density at radius 1 is 1.29 bits per heavy atom. The first kappa shape index (κ1) is 10.0. The minimum Gasteiger partial charge on any atom is -0.395 e. The minimum absolute atomic E-state index is 0.232. The Kier molecular flexibility index (Phi) is 3.45. The second kappa shape index (κ2) is 4.82. The molecule has 0 aromatic heterocycles. The average Bonchev–Trinajstić information content (AvgIpc) is 2.30. The second-order valence-electron chi connectivity index (χ2n) is 3.55. The Bertz CT molecular complexity index is 278. The summed E-state index contributed by atoms with van der Waals surface area (Å²) in [6, 6.07) is 11.1. The molecule has 0 saturated carbocycles. The van der Waals surface area contributed by atoms with E-state index in [0.29, 0.717) is 6.04 Å². The number of benzene rings is 1. The fourth-order valence-corrected chi connectivity index (χ4v) is 2.84. The lowest BCUT2D eigenvalue weighted by Crippen LogP contribution is -2.42. The highest BCUT2D eigenvalue weighted by Crippen LogP contribution is 2.23. The van der Waals surface area contributed by atoms with Gasteiger partial charge in [0, 0.05) is 23.6 Å². The van der Waals surface area contributed by atoms with Crippen molar-refractivity contribution in [3.63, 3.8) is 0 Å². The third-order valence-electron chi connectivity index (χ3n) is 2.46. The molecule has 3 heteroatoms. The van der Waals surface area contributed by atoms with Crippen LogP contribution in [0.1, 0.15) is 11.6 Å². The molecule has 2 rings (SSSR count). The summed E-state index contributed by atoms with van der Waals surface area (Å²) in [6.07, 6.45) is 0. The van der Waals surface area contributed by atoms with Gasteiger partial charge >= 0.3 is 0 Å². The van der Waals surface area contributed by atoms with E-state index in [9.17, 15) is 0 Å². The van der Waals surface area contributed by atoms with E-state index in [4.69, 9.17) is 5.11 Å². The Balaban J connectivity index is 2.04. The maximum absolute atomic E-state index is 9.08. The number of rotatable bonds is 2. The van der Waals surface area contributed by atoms with Gasteiger partial charge in [-0.3, -0.25) is 0 Å². The van der Waals surface area contributed by atoms with E-state index in [0.717, 1.165) is 11.5 Å². The largest absolute Gasteiger partial charge is 0.395 e. The van der Waals surface area contributed by atoms with Gasteiger partial charge in [0.2, 0.25) is 0 Å².